The molecule has 17 heavy (non-hydrogen) atoms. The Morgan fingerprint density at radius 3 is 2.76 bits per heavy atom. The van der Waals surface area contributed by atoms with Crippen molar-refractivity contribution in [2.24, 2.45) is 0 Å². The average Bonchev–Trinajstić information content (AvgIpc) is 2.38. The molecule has 0 spiro atoms. The summed E-state index contributed by atoms with van der Waals surface area (Å²) in [5.74, 6) is 0.153. The number of nitrogens with zero attached hydrogens (tertiary/aromatic N) is 1. The Bertz CT molecular complexity index is 233. The van der Waals surface area contributed by atoms with Crippen LogP contribution in [0.4, 0.5) is 0 Å². The number of nitrogens with one attached hydrogen (secondary N) is 2. The minimum atomic E-state index is 0.153. The first kappa shape index (κ1) is 14.5. The number of carbonyl (C=O) groups excluding carboxylic acids is 1. The fraction of sp³-hybridized carbons (Fsp3) is 0.923. The Morgan fingerprint density at radius 2 is 2.18 bits per heavy atom. The van der Waals surface area contributed by atoms with Crippen LogP contribution in [0.5, 0.6) is 0 Å². The van der Waals surface area contributed by atoms with Gasteiger partial charge in [-0.25, -0.2) is 0 Å². The fourth-order valence-corrected chi connectivity index (χ4v) is 2.45. The van der Waals surface area contributed by atoms with Crippen LogP contribution in [-0.2, 0) is 4.79 Å². The molecule has 1 aliphatic rings. The van der Waals surface area contributed by atoms with Gasteiger partial charge in [0.15, 0.2) is 0 Å². The summed E-state index contributed by atoms with van der Waals surface area (Å²) in [5, 5.41) is 6.27. The first-order valence-corrected chi connectivity index (χ1v) is 6.89. The highest BCUT2D eigenvalue weighted by Gasteiger charge is 2.25. The molecule has 0 bridgehead atoms. The van der Waals surface area contributed by atoms with Crippen molar-refractivity contribution in [3.8, 4) is 0 Å². The van der Waals surface area contributed by atoms with Gasteiger partial charge >= 0.3 is 0 Å². The molecule has 0 aromatic rings. The predicted octanol–water partition coefficient (Wildman–Crippen LogP) is 0.975. The highest BCUT2D eigenvalue weighted by Crippen LogP contribution is 2.12. The Morgan fingerprint density at radius 1 is 1.41 bits per heavy atom. The van der Waals surface area contributed by atoms with E-state index in [1.807, 2.05) is 0 Å². The van der Waals surface area contributed by atoms with E-state index in [1.54, 1.807) is 7.05 Å². The van der Waals surface area contributed by atoms with Gasteiger partial charge in [0.1, 0.15) is 0 Å². The molecular formula is C13H27N3O. The number of hydrogen-bond donors (Lipinski definition) is 2. The molecule has 1 saturated heterocycles. The first-order chi connectivity index (χ1) is 8.21. The van der Waals surface area contributed by atoms with Crippen LogP contribution in [-0.4, -0.2) is 49.6 Å². The van der Waals surface area contributed by atoms with Crippen LogP contribution >= 0.6 is 0 Å². The summed E-state index contributed by atoms with van der Waals surface area (Å²) in [5.41, 5.74) is 0. The van der Waals surface area contributed by atoms with Crippen LogP contribution in [0.2, 0.25) is 0 Å². The third-order valence-electron chi connectivity index (χ3n) is 3.71. The number of piperazine rings is 1. The van der Waals surface area contributed by atoms with Crippen molar-refractivity contribution in [2.45, 2.75) is 51.6 Å². The lowest BCUT2D eigenvalue weighted by Crippen LogP contribution is -2.56. The molecule has 1 amide bonds. The third kappa shape index (κ3) is 4.64. The number of hydrogen-bond acceptors (Lipinski definition) is 3. The molecule has 1 fully saturated rings. The number of rotatable bonds is 6. The van der Waals surface area contributed by atoms with E-state index in [2.05, 4.69) is 29.4 Å². The molecule has 4 heteroatoms. The normalized spacial score (nSPS) is 25.8. The number of amides is 1. The Hall–Kier alpha value is -0.610. The average molecular weight is 241 g/mol. The zero-order valence-electron chi connectivity index (χ0n) is 11.5. The molecule has 0 radical (unpaired) electrons. The minimum Gasteiger partial charge on any atom is -0.359 e. The van der Waals surface area contributed by atoms with E-state index in [4.69, 9.17) is 0 Å². The maximum Gasteiger partial charge on any atom is 0.219 e. The van der Waals surface area contributed by atoms with Crippen molar-refractivity contribution in [3.05, 3.63) is 0 Å². The smallest absolute Gasteiger partial charge is 0.219 e. The Balaban J connectivity index is 2.33. The number of carbonyl (C=O) groups is 1. The van der Waals surface area contributed by atoms with E-state index in [-0.39, 0.29) is 5.91 Å². The molecule has 4 nitrogen and oxygen atoms in total. The maximum absolute atomic E-state index is 11.2. The van der Waals surface area contributed by atoms with Gasteiger partial charge in [0, 0.05) is 38.6 Å². The predicted molar refractivity (Wildman–Crippen MR) is 71.0 cm³/mol. The van der Waals surface area contributed by atoms with Gasteiger partial charge in [0.05, 0.1) is 0 Å². The molecule has 0 saturated carbocycles. The quantitative estimate of drug-likeness (QED) is 0.728. The summed E-state index contributed by atoms with van der Waals surface area (Å²) in [6, 6.07) is 1.26. The summed E-state index contributed by atoms with van der Waals surface area (Å²) >= 11 is 0. The summed E-state index contributed by atoms with van der Waals surface area (Å²) < 4.78 is 0. The van der Waals surface area contributed by atoms with Crippen LogP contribution in [0.1, 0.15) is 39.5 Å². The topological polar surface area (TPSA) is 44.4 Å². The van der Waals surface area contributed by atoms with Gasteiger partial charge in [0.25, 0.3) is 0 Å². The van der Waals surface area contributed by atoms with Crippen molar-refractivity contribution >= 4 is 5.91 Å². The minimum absolute atomic E-state index is 0.153. The van der Waals surface area contributed by atoms with Gasteiger partial charge in [-0.2, -0.15) is 0 Å². The lowest BCUT2D eigenvalue weighted by Gasteiger charge is -2.40. The Kier molecular flexibility index (Phi) is 6.52. The van der Waals surface area contributed by atoms with Gasteiger partial charge in [-0.1, -0.05) is 13.8 Å². The molecule has 2 N–H and O–H groups in total. The highest BCUT2D eigenvalue weighted by atomic mass is 16.1. The SMILES string of the molecule is CCC1CN(CCCC(=O)NC)C(CC)CN1. The van der Waals surface area contributed by atoms with Crippen LogP contribution in [0.3, 0.4) is 0 Å². The molecule has 0 aliphatic carbocycles. The summed E-state index contributed by atoms with van der Waals surface area (Å²) in [7, 11) is 1.70. The molecule has 1 rings (SSSR count). The fourth-order valence-electron chi connectivity index (χ4n) is 2.45. The monoisotopic (exact) mass is 241 g/mol. The van der Waals surface area contributed by atoms with Gasteiger partial charge < -0.3 is 10.6 Å². The van der Waals surface area contributed by atoms with Gasteiger partial charge in [-0.15, -0.1) is 0 Å². The summed E-state index contributed by atoms with van der Waals surface area (Å²) in [4.78, 5) is 13.7. The van der Waals surface area contributed by atoms with E-state index in [1.165, 1.54) is 12.8 Å². The van der Waals surface area contributed by atoms with Crippen molar-refractivity contribution in [2.75, 3.05) is 26.7 Å². The third-order valence-corrected chi connectivity index (χ3v) is 3.71. The second-order valence-corrected chi connectivity index (χ2v) is 4.85. The van der Waals surface area contributed by atoms with E-state index in [0.717, 1.165) is 26.1 Å². The molecule has 2 unspecified atom stereocenters. The molecule has 1 aliphatic heterocycles. The highest BCUT2D eigenvalue weighted by molar-refractivity contribution is 5.75. The maximum atomic E-state index is 11.2. The largest absolute Gasteiger partial charge is 0.359 e. The van der Waals surface area contributed by atoms with Crippen LogP contribution in [0.25, 0.3) is 0 Å². The van der Waals surface area contributed by atoms with Crippen molar-refractivity contribution in [1.29, 1.82) is 0 Å². The molecular weight excluding hydrogens is 214 g/mol. The van der Waals surface area contributed by atoms with Crippen molar-refractivity contribution in [1.82, 2.24) is 15.5 Å². The second kappa shape index (κ2) is 7.67. The van der Waals surface area contributed by atoms with E-state index in [9.17, 15) is 4.79 Å². The van der Waals surface area contributed by atoms with Crippen molar-refractivity contribution in [3.63, 3.8) is 0 Å². The van der Waals surface area contributed by atoms with Crippen LogP contribution in [0.15, 0.2) is 0 Å². The van der Waals surface area contributed by atoms with Crippen LogP contribution in [0, 0.1) is 0 Å². The summed E-state index contributed by atoms with van der Waals surface area (Å²) in [6.07, 6.45) is 3.98. The zero-order valence-corrected chi connectivity index (χ0v) is 11.5. The van der Waals surface area contributed by atoms with Gasteiger partial charge in [0.2, 0.25) is 5.91 Å². The molecule has 100 valence electrons. The molecule has 0 aromatic carbocycles. The van der Waals surface area contributed by atoms with Crippen LogP contribution < -0.4 is 10.6 Å². The second-order valence-electron chi connectivity index (χ2n) is 4.85. The lowest BCUT2D eigenvalue weighted by atomic mass is 10.0. The van der Waals surface area contributed by atoms with E-state index < -0.39 is 0 Å². The van der Waals surface area contributed by atoms with Gasteiger partial charge in [-0.05, 0) is 25.8 Å². The van der Waals surface area contributed by atoms with E-state index in [0.29, 0.717) is 18.5 Å². The van der Waals surface area contributed by atoms with E-state index >= 15 is 0 Å². The summed E-state index contributed by atoms with van der Waals surface area (Å²) in [6.45, 7) is 7.73. The molecule has 2 atom stereocenters. The van der Waals surface area contributed by atoms with Gasteiger partial charge in [-0.3, -0.25) is 9.69 Å². The standard InChI is InChI=1S/C13H27N3O/c1-4-11-10-16(12(5-2)9-15-11)8-6-7-13(17)14-3/h11-12,15H,4-10H2,1-3H3,(H,14,17). The Labute approximate surface area is 105 Å². The van der Waals surface area contributed by atoms with Crippen molar-refractivity contribution < 1.29 is 4.79 Å². The zero-order chi connectivity index (χ0) is 12.7. The molecule has 1 heterocycles. The molecule has 0 aromatic heterocycles. The lowest BCUT2D eigenvalue weighted by molar-refractivity contribution is -0.120. The first-order valence-electron chi connectivity index (χ1n) is 6.89.